The lowest BCUT2D eigenvalue weighted by Crippen LogP contribution is -2.40. The first-order valence-electron chi connectivity index (χ1n) is 22.7. The first-order chi connectivity index (χ1) is 32.3. The van der Waals surface area contributed by atoms with Crippen molar-refractivity contribution in [2.24, 2.45) is 18.9 Å². The normalized spacial score (nSPS) is 17.9. The summed E-state index contributed by atoms with van der Waals surface area (Å²) in [7, 11) is 8.11. The molecule has 6 atom stereocenters. The second-order valence-corrected chi connectivity index (χ2v) is 17.7. The number of aromatic nitrogens is 4. The van der Waals surface area contributed by atoms with E-state index in [2.05, 4.69) is 0 Å². The molecule has 8 rings (SSSR count). The highest BCUT2D eigenvalue weighted by atomic mass is 16.6. The van der Waals surface area contributed by atoms with E-state index in [0.717, 1.165) is 41.3 Å². The van der Waals surface area contributed by atoms with E-state index >= 15 is 0 Å². The van der Waals surface area contributed by atoms with Gasteiger partial charge in [-0.1, -0.05) is 18.6 Å². The van der Waals surface area contributed by atoms with E-state index < -0.39 is 42.5 Å². The summed E-state index contributed by atoms with van der Waals surface area (Å²) in [5, 5.41) is 39.0. The number of carbonyl (C=O) groups is 2. The Morgan fingerprint density at radius 1 is 0.776 bits per heavy atom. The maximum Gasteiger partial charge on any atom is 0.340 e. The van der Waals surface area contributed by atoms with Crippen molar-refractivity contribution in [1.29, 1.82) is 0 Å². The number of aryl methyl sites for hydroxylation is 1. The number of fused-ring (bicyclic) bond motifs is 2. The van der Waals surface area contributed by atoms with Gasteiger partial charge in [0.25, 0.3) is 0 Å². The predicted molar refractivity (Wildman–Crippen MR) is 248 cm³/mol. The van der Waals surface area contributed by atoms with Crippen LogP contribution in [-0.2, 0) is 34.2 Å². The molecule has 2 fully saturated rings. The van der Waals surface area contributed by atoms with Gasteiger partial charge in [0.05, 0.1) is 76.5 Å². The van der Waals surface area contributed by atoms with Crippen LogP contribution in [0, 0.1) is 25.7 Å². The summed E-state index contributed by atoms with van der Waals surface area (Å²) in [5.74, 6) is 1.56. The minimum absolute atomic E-state index is 0.119. The van der Waals surface area contributed by atoms with Crippen LogP contribution in [0.1, 0.15) is 93.1 Å². The van der Waals surface area contributed by atoms with Gasteiger partial charge >= 0.3 is 11.9 Å². The molecule has 0 spiro atoms. The Bertz CT molecular complexity index is 2690. The fourth-order valence-electron chi connectivity index (χ4n) is 9.02. The Morgan fingerprint density at radius 3 is 1.94 bits per heavy atom. The zero-order chi connectivity index (χ0) is 47.5. The largest absolute Gasteiger partial charge is 0.496 e. The summed E-state index contributed by atoms with van der Waals surface area (Å²) in [6.07, 6.45) is 2.59. The van der Waals surface area contributed by atoms with Gasteiger partial charge in [-0.2, -0.15) is 5.10 Å². The van der Waals surface area contributed by atoms with E-state index in [1.54, 1.807) is 75.6 Å². The van der Waals surface area contributed by atoms with E-state index in [-0.39, 0.29) is 31.1 Å². The molecule has 2 aliphatic carbocycles. The lowest BCUT2D eigenvalue weighted by Gasteiger charge is -2.37. The fraction of sp³-hybridized carbons (Fsp3) is 0.451. The van der Waals surface area contributed by atoms with Crippen LogP contribution in [0.4, 0.5) is 0 Å². The number of methoxy groups -OCH3 is 4. The van der Waals surface area contributed by atoms with E-state index in [9.17, 15) is 24.9 Å². The minimum atomic E-state index is -1.15. The number of nitrogens with zero attached hydrogens (tertiary/aromatic N) is 4. The van der Waals surface area contributed by atoms with E-state index in [1.165, 1.54) is 18.6 Å². The molecule has 6 aromatic rings. The van der Waals surface area contributed by atoms with Crippen molar-refractivity contribution in [3.63, 3.8) is 0 Å². The molecule has 16 nitrogen and oxygen atoms in total. The average Bonchev–Trinajstić information content (AvgIpc) is 3.87. The molecule has 2 aromatic heterocycles. The van der Waals surface area contributed by atoms with Crippen molar-refractivity contribution in [2.75, 3.05) is 41.7 Å². The van der Waals surface area contributed by atoms with Gasteiger partial charge in [0.15, 0.2) is 0 Å². The molecule has 2 heterocycles. The number of imidazole rings is 1. The standard InChI is InChI=1S/C51H60N4O12/c1-28-40(61-4)19-34(20-41(28)62-5)48(56)44(23-46-52-37-18-31(50(58)59)14-16-38(37)54(46)3)66-27-33-15-17-39(33)67-51(60)36-13-9-12-32-24-55(53-47(32)36)25-45(65-26-30-10-8-11-30)49(57)35-21-42(63-6)29(2)43(22-35)64-7/h9,12-14,16,18-22,24,30,33,39,44-45,48-49,56-57H,8,10-11,15,17,23,25-27H2,1-7H3,(H,58,59). The Hall–Kier alpha value is -6.20. The number of carbonyl (C=O) groups excluding carboxylic acids is 1. The zero-order valence-corrected chi connectivity index (χ0v) is 39.1. The first-order valence-corrected chi connectivity index (χ1v) is 22.7. The lowest BCUT2D eigenvalue weighted by atomic mass is 9.82. The monoisotopic (exact) mass is 920 g/mol. The van der Waals surface area contributed by atoms with E-state index in [1.807, 2.05) is 37.7 Å². The van der Waals surface area contributed by atoms with Crippen LogP contribution in [0.5, 0.6) is 23.0 Å². The summed E-state index contributed by atoms with van der Waals surface area (Å²) in [6.45, 7) is 4.67. The van der Waals surface area contributed by atoms with Crippen LogP contribution in [0.2, 0.25) is 0 Å². The Balaban J connectivity index is 0.989. The number of rotatable bonds is 21. The molecule has 0 radical (unpaired) electrons. The van der Waals surface area contributed by atoms with Crippen LogP contribution in [0.3, 0.4) is 0 Å². The number of aliphatic hydroxyl groups excluding tert-OH is 2. The number of hydrogen-bond acceptors (Lipinski definition) is 13. The summed E-state index contributed by atoms with van der Waals surface area (Å²) in [4.78, 5) is 30.5. The Labute approximate surface area is 389 Å². The van der Waals surface area contributed by atoms with Crippen molar-refractivity contribution in [3.05, 3.63) is 106 Å². The lowest BCUT2D eigenvalue weighted by molar-refractivity contribution is -0.0949. The quantitative estimate of drug-likeness (QED) is 0.0601. The number of carboxylic acid groups (broad SMARTS) is 1. The van der Waals surface area contributed by atoms with E-state index in [4.69, 9.17) is 43.2 Å². The highest BCUT2D eigenvalue weighted by Gasteiger charge is 2.37. The summed E-state index contributed by atoms with van der Waals surface area (Å²) in [5.41, 5.74) is 4.85. The summed E-state index contributed by atoms with van der Waals surface area (Å²) >= 11 is 0. The third kappa shape index (κ3) is 9.94. The third-order valence-corrected chi connectivity index (χ3v) is 13.6. The third-order valence-electron chi connectivity index (χ3n) is 13.6. The molecule has 2 aliphatic rings. The van der Waals surface area contributed by atoms with Crippen LogP contribution in [-0.4, -0.2) is 107 Å². The van der Waals surface area contributed by atoms with Crippen molar-refractivity contribution >= 4 is 33.9 Å². The van der Waals surface area contributed by atoms with Gasteiger partial charge in [-0.05, 0) is 105 Å². The molecular formula is C51H60N4O12. The fourth-order valence-corrected chi connectivity index (χ4v) is 9.02. The number of esters is 1. The molecule has 2 saturated carbocycles. The van der Waals surface area contributed by atoms with Crippen molar-refractivity contribution in [2.45, 2.75) is 89.4 Å². The highest BCUT2D eigenvalue weighted by molar-refractivity contribution is 6.02. The summed E-state index contributed by atoms with van der Waals surface area (Å²) < 4.78 is 45.2. The number of aliphatic hydroxyl groups is 2. The Morgan fingerprint density at radius 2 is 1.39 bits per heavy atom. The van der Waals surface area contributed by atoms with Gasteiger partial charge in [-0.15, -0.1) is 0 Å². The van der Waals surface area contributed by atoms with Crippen LogP contribution < -0.4 is 18.9 Å². The molecule has 4 aromatic carbocycles. The van der Waals surface area contributed by atoms with Crippen LogP contribution >= 0.6 is 0 Å². The number of carboxylic acids is 1. The van der Waals surface area contributed by atoms with Gasteiger partial charge < -0.3 is 53.0 Å². The molecule has 6 unspecified atom stereocenters. The van der Waals surface area contributed by atoms with Gasteiger partial charge in [-0.25, -0.2) is 14.6 Å². The average molecular weight is 921 g/mol. The maximum atomic E-state index is 14.0. The summed E-state index contributed by atoms with van der Waals surface area (Å²) in [6, 6.07) is 17.3. The molecule has 0 saturated heterocycles. The SMILES string of the molecule is COc1cc(C(O)C(Cc2nc3cc(C(=O)O)ccc3n2C)OCC2CCC2OC(=O)c2cccc3cn(CC(OCC4CCC4)C(O)c4cc(OC)c(C)c(OC)c4)nc23)cc(OC)c1C. The van der Waals surface area contributed by atoms with E-state index in [0.29, 0.717) is 75.5 Å². The van der Waals surface area contributed by atoms with Crippen molar-refractivity contribution in [3.8, 4) is 23.0 Å². The molecule has 67 heavy (non-hydrogen) atoms. The van der Waals surface area contributed by atoms with Gasteiger partial charge in [0, 0.05) is 42.1 Å². The van der Waals surface area contributed by atoms with Crippen molar-refractivity contribution in [1.82, 2.24) is 19.3 Å². The molecule has 0 amide bonds. The maximum absolute atomic E-state index is 14.0. The molecular weight excluding hydrogens is 861 g/mol. The number of aromatic carboxylic acids is 1. The predicted octanol–water partition coefficient (Wildman–Crippen LogP) is 7.49. The molecule has 0 bridgehead atoms. The van der Waals surface area contributed by atoms with Gasteiger partial charge in [-0.3, -0.25) is 4.68 Å². The van der Waals surface area contributed by atoms with Crippen LogP contribution in [0.15, 0.2) is 66.9 Å². The smallest absolute Gasteiger partial charge is 0.340 e. The molecule has 3 N–H and O–H groups in total. The molecule has 356 valence electrons. The minimum Gasteiger partial charge on any atom is -0.496 e. The zero-order valence-electron chi connectivity index (χ0n) is 39.1. The number of hydrogen-bond donors (Lipinski definition) is 3. The van der Waals surface area contributed by atoms with Crippen molar-refractivity contribution < 1.29 is 58.1 Å². The molecule has 0 aliphatic heterocycles. The van der Waals surface area contributed by atoms with Gasteiger partial charge in [0.1, 0.15) is 58.8 Å². The first kappa shape index (κ1) is 47.3. The van der Waals surface area contributed by atoms with Gasteiger partial charge in [0.2, 0.25) is 0 Å². The number of benzene rings is 4. The number of ether oxygens (including phenoxy) is 7. The Kier molecular flexibility index (Phi) is 14.4. The second kappa shape index (κ2) is 20.3. The topological polar surface area (TPSA) is 195 Å². The second-order valence-electron chi connectivity index (χ2n) is 17.7. The van der Waals surface area contributed by atoms with Crippen LogP contribution in [0.25, 0.3) is 21.9 Å². The highest BCUT2D eigenvalue weighted by Crippen LogP contribution is 2.38. The molecule has 16 heteroatoms.